The van der Waals surface area contributed by atoms with Gasteiger partial charge in [-0.25, -0.2) is 9.18 Å². The van der Waals surface area contributed by atoms with Gasteiger partial charge in [0.15, 0.2) is 0 Å². The SMILES string of the molecule is CCOC(=O)c1cccc(Sc2ccc(F)cc2)c1N. The number of hydrogen-bond donors (Lipinski definition) is 1. The first kappa shape index (κ1) is 14.4. The summed E-state index contributed by atoms with van der Waals surface area (Å²) in [5.74, 6) is -0.728. The number of carbonyl (C=O) groups is 1. The Morgan fingerprint density at radius 2 is 1.95 bits per heavy atom. The lowest BCUT2D eigenvalue weighted by molar-refractivity contribution is 0.0527. The lowest BCUT2D eigenvalue weighted by Crippen LogP contribution is -2.08. The largest absolute Gasteiger partial charge is 0.462 e. The van der Waals surface area contributed by atoms with Crippen LogP contribution in [0.3, 0.4) is 0 Å². The van der Waals surface area contributed by atoms with E-state index >= 15 is 0 Å². The first-order valence-corrected chi connectivity index (χ1v) is 6.92. The van der Waals surface area contributed by atoms with Gasteiger partial charge in [-0.2, -0.15) is 0 Å². The highest BCUT2D eigenvalue weighted by atomic mass is 32.2. The summed E-state index contributed by atoms with van der Waals surface area (Å²) < 4.78 is 17.8. The number of ether oxygens (including phenoxy) is 1. The Morgan fingerprint density at radius 1 is 1.25 bits per heavy atom. The van der Waals surface area contributed by atoms with Gasteiger partial charge in [0.25, 0.3) is 0 Å². The van der Waals surface area contributed by atoms with Crippen molar-refractivity contribution < 1.29 is 13.9 Å². The van der Waals surface area contributed by atoms with Crippen LogP contribution in [0.5, 0.6) is 0 Å². The van der Waals surface area contributed by atoms with E-state index in [4.69, 9.17) is 10.5 Å². The van der Waals surface area contributed by atoms with E-state index in [0.29, 0.717) is 17.9 Å². The number of nitrogen functional groups attached to an aromatic ring is 1. The molecule has 0 aliphatic carbocycles. The monoisotopic (exact) mass is 291 g/mol. The van der Waals surface area contributed by atoms with E-state index in [1.54, 1.807) is 31.2 Å². The molecule has 2 aromatic carbocycles. The van der Waals surface area contributed by atoms with Gasteiger partial charge in [0, 0.05) is 9.79 Å². The molecule has 0 aromatic heterocycles. The van der Waals surface area contributed by atoms with Crippen molar-refractivity contribution >= 4 is 23.4 Å². The van der Waals surface area contributed by atoms with Crippen molar-refractivity contribution in [2.24, 2.45) is 0 Å². The van der Waals surface area contributed by atoms with Crippen molar-refractivity contribution in [3.8, 4) is 0 Å². The molecule has 0 fully saturated rings. The third kappa shape index (κ3) is 3.30. The molecule has 0 atom stereocenters. The van der Waals surface area contributed by atoms with E-state index in [0.717, 1.165) is 9.79 Å². The number of anilines is 1. The molecular formula is C15H14FNO2S. The highest BCUT2D eigenvalue weighted by Crippen LogP contribution is 2.34. The Morgan fingerprint density at radius 3 is 2.60 bits per heavy atom. The van der Waals surface area contributed by atoms with Crippen molar-refractivity contribution in [1.29, 1.82) is 0 Å². The molecule has 0 bridgehead atoms. The number of carbonyl (C=O) groups excluding carboxylic acids is 1. The number of hydrogen-bond acceptors (Lipinski definition) is 4. The molecular weight excluding hydrogens is 277 g/mol. The van der Waals surface area contributed by atoms with Crippen LogP contribution in [0.1, 0.15) is 17.3 Å². The van der Waals surface area contributed by atoms with Crippen LogP contribution >= 0.6 is 11.8 Å². The number of nitrogens with two attached hydrogens (primary N) is 1. The second-order valence-corrected chi connectivity index (χ2v) is 5.11. The molecule has 2 N–H and O–H groups in total. The van der Waals surface area contributed by atoms with E-state index in [1.165, 1.54) is 23.9 Å². The van der Waals surface area contributed by atoms with Crippen molar-refractivity contribution in [1.82, 2.24) is 0 Å². The van der Waals surface area contributed by atoms with Crippen LogP contribution in [0.25, 0.3) is 0 Å². The van der Waals surface area contributed by atoms with Gasteiger partial charge in [0.05, 0.1) is 17.9 Å². The van der Waals surface area contributed by atoms with Gasteiger partial charge in [-0.05, 0) is 43.3 Å². The Bertz CT molecular complexity index is 614. The van der Waals surface area contributed by atoms with Gasteiger partial charge < -0.3 is 10.5 Å². The molecule has 0 heterocycles. The minimum Gasteiger partial charge on any atom is -0.462 e. The molecule has 0 aliphatic heterocycles. The molecule has 0 aliphatic rings. The third-order valence-electron chi connectivity index (χ3n) is 2.60. The second kappa shape index (κ2) is 6.43. The van der Waals surface area contributed by atoms with Crippen LogP contribution in [0.15, 0.2) is 52.3 Å². The van der Waals surface area contributed by atoms with Crippen molar-refractivity contribution in [3.63, 3.8) is 0 Å². The van der Waals surface area contributed by atoms with Crippen LogP contribution in [0.2, 0.25) is 0 Å². The maximum Gasteiger partial charge on any atom is 0.340 e. The second-order valence-electron chi connectivity index (χ2n) is 3.99. The molecule has 2 aromatic rings. The zero-order chi connectivity index (χ0) is 14.5. The van der Waals surface area contributed by atoms with Crippen LogP contribution in [0.4, 0.5) is 10.1 Å². The normalized spacial score (nSPS) is 10.3. The fraction of sp³-hybridized carbons (Fsp3) is 0.133. The number of benzene rings is 2. The van der Waals surface area contributed by atoms with Crippen LogP contribution < -0.4 is 5.73 Å². The summed E-state index contributed by atoms with van der Waals surface area (Å²) in [6.07, 6.45) is 0. The highest BCUT2D eigenvalue weighted by Gasteiger charge is 2.14. The van der Waals surface area contributed by atoms with Gasteiger partial charge >= 0.3 is 5.97 Å². The van der Waals surface area contributed by atoms with E-state index in [-0.39, 0.29) is 5.82 Å². The Balaban J connectivity index is 2.26. The first-order chi connectivity index (χ1) is 9.61. The van der Waals surface area contributed by atoms with Gasteiger partial charge in [-0.3, -0.25) is 0 Å². The number of halogens is 1. The Kier molecular flexibility index (Phi) is 4.63. The Hall–Kier alpha value is -2.01. The average molecular weight is 291 g/mol. The molecule has 0 saturated carbocycles. The number of para-hydroxylation sites is 1. The first-order valence-electron chi connectivity index (χ1n) is 6.11. The van der Waals surface area contributed by atoms with Crippen LogP contribution in [0, 0.1) is 5.82 Å². The zero-order valence-corrected chi connectivity index (χ0v) is 11.7. The summed E-state index contributed by atoms with van der Waals surface area (Å²) in [4.78, 5) is 13.3. The molecule has 0 saturated heterocycles. The predicted octanol–water partition coefficient (Wildman–Crippen LogP) is 3.74. The molecule has 0 amide bonds. The van der Waals surface area contributed by atoms with E-state index < -0.39 is 5.97 Å². The smallest absolute Gasteiger partial charge is 0.340 e. The van der Waals surface area contributed by atoms with E-state index in [9.17, 15) is 9.18 Å². The lowest BCUT2D eigenvalue weighted by atomic mass is 10.2. The molecule has 5 heteroatoms. The minimum atomic E-state index is -0.438. The quantitative estimate of drug-likeness (QED) is 0.688. The molecule has 0 spiro atoms. The Labute approximate surface area is 120 Å². The number of rotatable bonds is 4. The van der Waals surface area contributed by atoms with Gasteiger partial charge in [-0.1, -0.05) is 17.8 Å². The van der Waals surface area contributed by atoms with Crippen LogP contribution in [-0.2, 0) is 4.74 Å². The fourth-order valence-corrected chi connectivity index (χ4v) is 2.54. The predicted molar refractivity (Wildman–Crippen MR) is 77.3 cm³/mol. The average Bonchev–Trinajstić information content (AvgIpc) is 2.44. The fourth-order valence-electron chi connectivity index (χ4n) is 1.65. The van der Waals surface area contributed by atoms with Gasteiger partial charge in [0.1, 0.15) is 5.82 Å². The molecule has 0 radical (unpaired) electrons. The summed E-state index contributed by atoms with van der Waals surface area (Å²) in [5, 5.41) is 0. The molecule has 0 unspecified atom stereocenters. The van der Waals surface area contributed by atoms with E-state index in [1.807, 2.05) is 6.07 Å². The van der Waals surface area contributed by atoms with Crippen molar-refractivity contribution in [3.05, 3.63) is 53.8 Å². The standard InChI is InChI=1S/C15H14FNO2S/c1-2-19-15(18)12-4-3-5-13(14(12)17)20-11-8-6-10(16)7-9-11/h3-9H,2,17H2,1H3. The summed E-state index contributed by atoms with van der Waals surface area (Å²) in [7, 11) is 0. The summed E-state index contributed by atoms with van der Waals surface area (Å²) in [5.41, 5.74) is 6.72. The third-order valence-corrected chi connectivity index (χ3v) is 3.69. The highest BCUT2D eigenvalue weighted by molar-refractivity contribution is 7.99. The van der Waals surface area contributed by atoms with Gasteiger partial charge in [-0.15, -0.1) is 0 Å². The zero-order valence-electron chi connectivity index (χ0n) is 10.9. The molecule has 3 nitrogen and oxygen atoms in total. The molecule has 104 valence electrons. The summed E-state index contributed by atoms with van der Waals surface area (Å²) in [6, 6.07) is 11.3. The molecule has 20 heavy (non-hydrogen) atoms. The van der Waals surface area contributed by atoms with Crippen molar-refractivity contribution in [2.75, 3.05) is 12.3 Å². The lowest BCUT2D eigenvalue weighted by Gasteiger charge is -2.10. The van der Waals surface area contributed by atoms with E-state index in [2.05, 4.69) is 0 Å². The minimum absolute atomic E-state index is 0.289. The topological polar surface area (TPSA) is 52.3 Å². The number of esters is 1. The van der Waals surface area contributed by atoms with Crippen LogP contribution in [-0.4, -0.2) is 12.6 Å². The maximum absolute atomic E-state index is 12.9. The summed E-state index contributed by atoms with van der Waals surface area (Å²) >= 11 is 1.37. The maximum atomic E-state index is 12.9. The van der Waals surface area contributed by atoms with Gasteiger partial charge in [0.2, 0.25) is 0 Å². The summed E-state index contributed by atoms with van der Waals surface area (Å²) in [6.45, 7) is 2.04. The molecule has 2 rings (SSSR count). The van der Waals surface area contributed by atoms with Crippen molar-refractivity contribution in [2.45, 2.75) is 16.7 Å².